The van der Waals surface area contributed by atoms with Gasteiger partial charge in [0, 0.05) is 11.7 Å². The van der Waals surface area contributed by atoms with Crippen molar-refractivity contribution in [1.29, 1.82) is 5.26 Å². The first kappa shape index (κ1) is 9.33. The first-order valence-corrected chi connectivity index (χ1v) is 5.39. The smallest absolute Gasteiger partial charge is 0.120 e. The van der Waals surface area contributed by atoms with E-state index in [1.165, 1.54) is 18.5 Å². The van der Waals surface area contributed by atoms with Crippen LogP contribution in [0, 0.1) is 11.3 Å². The average molecular weight is 188 g/mol. The fraction of sp³-hybridized carbons (Fsp3) is 0.583. The molecule has 1 unspecified atom stereocenters. The van der Waals surface area contributed by atoms with Crippen molar-refractivity contribution in [2.24, 2.45) is 0 Å². The van der Waals surface area contributed by atoms with Crippen LogP contribution < -0.4 is 0 Å². The SMILES string of the molecule is CCC(C)c1ccc(C#N)n1C1CC1. The van der Waals surface area contributed by atoms with Gasteiger partial charge in [0.15, 0.2) is 0 Å². The predicted molar refractivity (Wildman–Crippen MR) is 56.1 cm³/mol. The molecule has 0 aromatic carbocycles. The molecule has 0 N–H and O–H groups in total. The molecule has 1 aromatic heterocycles. The van der Waals surface area contributed by atoms with Crippen molar-refractivity contribution in [1.82, 2.24) is 4.57 Å². The van der Waals surface area contributed by atoms with E-state index in [2.05, 4.69) is 30.6 Å². The van der Waals surface area contributed by atoms with Gasteiger partial charge in [-0.15, -0.1) is 0 Å². The van der Waals surface area contributed by atoms with Crippen molar-refractivity contribution in [2.45, 2.75) is 45.1 Å². The largest absolute Gasteiger partial charge is 0.333 e. The summed E-state index contributed by atoms with van der Waals surface area (Å²) in [5, 5.41) is 8.99. The Hall–Kier alpha value is -1.23. The summed E-state index contributed by atoms with van der Waals surface area (Å²) >= 11 is 0. The summed E-state index contributed by atoms with van der Waals surface area (Å²) < 4.78 is 2.24. The molecular formula is C12H16N2. The van der Waals surface area contributed by atoms with Crippen LogP contribution in [0.1, 0.15) is 56.5 Å². The van der Waals surface area contributed by atoms with Gasteiger partial charge >= 0.3 is 0 Å². The van der Waals surface area contributed by atoms with Crippen molar-refractivity contribution in [3.8, 4) is 6.07 Å². The molecule has 1 atom stereocenters. The van der Waals surface area contributed by atoms with Crippen LogP contribution in [0.3, 0.4) is 0 Å². The van der Waals surface area contributed by atoms with Gasteiger partial charge < -0.3 is 4.57 Å². The van der Waals surface area contributed by atoms with Crippen molar-refractivity contribution < 1.29 is 0 Å². The third-order valence-corrected chi connectivity index (χ3v) is 3.09. The van der Waals surface area contributed by atoms with E-state index in [1.54, 1.807) is 0 Å². The Morgan fingerprint density at radius 3 is 2.79 bits per heavy atom. The Kier molecular flexibility index (Phi) is 2.33. The van der Waals surface area contributed by atoms with Gasteiger partial charge in [0.25, 0.3) is 0 Å². The zero-order valence-corrected chi connectivity index (χ0v) is 8.83. The summed E-state index contributed by atoms with van der Waals surface area (Å²) in [6.07, 6.45) is 3.63. The molecule has 0 radical (unpaired) electrons. The molecule has 14 heavy (non-hydrogen) atoms. The van der Waals surface area contributed by atoms with Crippen molar-refractivity contribution in [3.05, 3.63) is 23.5 Å². The molecule has 74 valence electrons. The first-order chi connectivity index (χ1) is 6.77. The summed E-state index contributed by atoms with van der Waals surface area (Å²) in [6.45, 7) is 4.43. The van der Waals surface area contributed by atoms with Gasteiger partial charge in [-0.2, -0.15) is 5.26 Å². The Balaban J connectivity index is 2.40. The molecule has 0 spiro atoms. The normalized spacial score (nSPS) is 17.8. The molecule has 0 bridgehead atoms. The van der Waals surface area contributed by atoms with Gasteiger partial charge in [0.2, 0.25) is 0 Å². The monoisotopic (exact) mass is 188 g/mol. The van der Waals surface area contributed by atoms with Crippen LogP contribution in [0.15, 0.2) is 12.1 Å². The summed E-state index contributed by atoms with van der Waals surface area (Å²) in [5.41, 5.74) is 2.18. The highest BCUT2D eigenvalue weighted by atomic mass is 15.1. The first-order valence-electron chi connectivity index (χ1n) is 5.39. The van der Waals surface area contributed by atoms with Crippen LogP contribution in [-0.2, 0) is 0 Å². The van der Waals surface area contributed by atoms with E-state index in [-0.39, 0.29) is 0 Å². The maximum atomic E-state index is 8.99. The van der Waals surface area contributed by atoms with E-state index in [1.807, 2.05) is 6.07 Å². The van der Waals surface area contributed by atoms with Gasteiger partial charge in [0.1, 0.15) is 11.8 Å². The molecule has 1 aliphatic carbocycles. The van der Waals surface area contributed by atoms with Crippen molar-refractivity contribution in [2.75, 3.05) is 0 Å². The van der Waals surface area contributed by atoms with Gasteiger partial charge in [-0.05, 0) is 37.3 Å². The summed E-state index contributed by atoms with van der Waals surface area (Å²) in [7, 11) is 0. The highest BCUT2D eigenvalue weighted by Gasteiger charge is 2.28. The minimum Gasteiger partial charge on any atom is -0.333 e. The lowest BCUT2D eigenvalue weighted by molar-refractivity contribution is 0.614. The number of hydrogen-bond acceptors (Lipinski definition) is 1. The second kappa shape index (κ2) is 3.49. The van der Waals surface area contributed by atoms with Crippen LogP contribution in [0.25, 0.3) is 0 Å². The van der Waals surface area contributed by atoms with E-state index < -0.39 is 0 Å². The maximum absolute atomic E-state index is 8.99. The van der Waals surface area contributed by atoms with Crippen LogP contribution in [0.5, 0.6) is 0 Å². The highest BCUT2D eigenvalue weighted by Crippen LogP contribution is 2.39. The summed E-state index contributed by atoms with van der Waals surface area (Å²) in [6, 6.07) is 6.97. The number of nitriles is 1. The zero-order chi connectivity index (χ0) is 10.1. The van der Waals surface area contributed by atoms with Crippen LogP contribution in [0.4, 0.5) is 0 Å². The Labute approximate surface area is 85.2 Å². The standard InChI is InChI=1S/C12H16N2/c1-3-9(2)12-7-6-11(8-13)14(12)10-4-5-10/h6-7,9-10H,3-5H2,1-2H3. The molecule has 0 saturated heterocycles. The molecule has 0 aliphatic heterocycles. The van der Waals surface area contributed by atoms with E-state index in [0.29, 0.717) is 12.0 Å². The second-order valence-corrected chi connectivity index (χ2v) is 4.17. The fourth-order valence-electron chi connectivity index (χ4n) is 1.91. The van der Waals surface area contributed by atoms with E-state index >= 15 is 0 Å². The Morgan fingerprint density at radius 1 is 1.57 bits per heavy atom. The predicted octanol–water partition coefficient (Wildman–Crippen LogP) is 3.21. The zero-order valence-electron chi connectivity index (χ0n) is 8.83. The van der Waals surface area contributed by atoms with Crippen LogP contribution >= 0.6 is 0 Å². The summed E-state index contributed by atoms with van der Waals surface area (Å²) in [4.78, 5) is 0. The lowest BCUT2D eigenvalue weighted by atomic mass is 10.1. The Bertz CT molecular complexity index is 366. The number of nitrogens with zero attached hydrogens (tertiary/aromatic N) is 2. The molecule has 1 saturated carbocycles. The van der Waals surface area contributed by atoms with Crippen LogP contribution in [-0.4, -0.2) is 4.57 Å². The second-order valence-electron chi connectivity index (χ2n) is 4.17. The molecule has 2 heteroatoms. The number of rotatable bonds is 3. The van der Waals surface area contributed by atoms with Gasteiger partial charge in [-0.3, -0.25) is 0 Å². The van der Waals surface area contributed by atoms with Crippen molar-refractivity contribution >= 4 is 0 Å². The minimum absolute atomic E-state index is 0.567. The molecule has 1 heterocycles. The molecule has 2 rings (SSSR count). The quantitative estimate of drug-likeness (QED) is 0.716. The highest BCUT2D eigenvalue weighted by molar-refractivity contribution is 5.30. The molecular weight excluding hydrogens is 172 g/mol. The van der Waals surface area contributed by atoms with E-state index in [9.17, 15) is 0 Å². The van der Waals surface area contributed by atoms with E-state index in [4.69, 9.17) is 5.26 Å². The third-order valence-electron chi connectivity index (χ3n) is 3.09. The number of hydrogen-bond donors (Lipinski definition) is 0. The number of aromatic nitrogens is 1. The lowest BCUT2D eigenvalue weighted by Crippen LogP contribution is -2.05. The molecule has 1 aliphatic rings. The topological polar surface area (TPSA) is 28.7 Å². The fourth-order valence-corrected chi connectivity index (χ4v) is 1.91. The lowest BCUT2D eigenvalue weighted by Gasteiger charge is -2.13. The van der Waals surface area contributed by atoms with Gasteiger partial charge in [-0.25, -0.2) is 0 Å². The van der Waals surface area contributed by atoms with Crippen LogP contribution in [0.2, 0.25) is 0 Å². The van der Waals surface area contributed by atoms with E-state index in [0.717, 1.165) is 12.1 Å². The molecule has 2 nitrogen and oxygen atoms in total. The van der Waals surface area contributed by atoms with Crippen molar-refractivity contribution in [3.63, 3.8) is 0 Å². The maximum Gasteiger partial charge on any atom is 0.120 e. The Morgan fingerprint density at radius 2 is 2.29 bits per heavy atom. The molecule has 0 amide bonds. The third kappa shape index (κ3) is 1.43. The minimum atomic E-state index is 0.567. The van der Waals surface area contributed by atoms with Gasteiger partial charge in [-0.1, -0.05) is 13.8 Å². The molecule has 1 aromatic rings. The molecule has 1 fully saturated rings. The van der Waals surface area contributed by atoms with Gasteiger partial charge in [0.05, 0.1) is 0 Å². The average Bonchev–Trinajstić information content (AvgIpc) is 2.96. The summed E-state index contributed by atoms with van der Waals surface area (Å²) in [5.74, 6) is 0.567.